The summed E-state index contributed by atoms with van der Waals surface area (Å²) in [6.45, 7) is 3.61. The zero-order valence-electron chi connectivity index (χ0n) is 11.4. The molecule has 0 bridgehead atoms. The van der Waals surface area contributed by atoms with Crippen molar-refractivity contribution in [1.82, 2.24) is 0 Å². The van der Waals surface area contributed by atoms with Crippen LogP contribution < -0.4 is 5.32 Å². The Kier molecular flexibility index (Phi) is 4.57. The molecule has 0 saturated heterocycles. The van der Waals surface area contributed by atoms with Gasteiger partial charge in [0.1, 0.15) is 10.6 Å². The summed E-state index contributed by atoms with van der Waals surface area (Å²) in [6.07, 6.45) is 0. The Morgan fingerprint density at radius 3 is 2.60 bits per heavy atom. The van der Waals surface area contributed by atoms with Gasteiger partial charge in [0, 0.05) is 21.7 Å². The highest BCUT2D eigenvalue weighted by Crippen LogP contribution is 2.38. The topological polar surface area (TPSA) is 55.4 Å². The van der Waals surface area contributed by atoms with E-state index in [1.807, 2.05) is 22.9 Å². The number of rotatable bonds is 4. The van der Waals surface area contributed by atoms with Crippen molar-refractivity contribution in [3.63, 3.8) is 0 Å². The number of amides is 1. The Morgan fingerprint density at radius 1 is 1.30 bits per heavy atom. The van der Waals surface area contributed by atoms with E-state index < -0.39 is 5.97 Å². The van der Waals surface area contributed by atoms with Crippen LogP contribution in [0.2, 0.25) is 0 Å². The average Bonchev–Trinajstić information content (AvgIpc) is 3.06. The number of carbonyl (C=O) groups is 2. The minimum Gasteiger partial charge on any atom is -0.465 e. The molecule has 1 amide bonds. The normalized spacial score (nSPS) is 10.6. The van der Waals surface area contributed by atoms with Crippen LogP contribution in [0, 0.1) is 5.92 Å². The molecule has 0 aliphatic rings. The van der Waals surface area contributed by atoms with Crippen molar-refractivity contribution < 1.29 is 14.3 Å². The summed E-state index contributed by atoms with van der Waals surface area (Å²) in [7, 11) is 1.34. The molecule has 0 atom stereocenters. The SMILES string of the molecule is COC(=O)c1c(-c2cccs2)csc1NC(=O)C(C)C. The number of ether oxygens (including phenoxy) is 1. The lowest BCUT2D eigenvalue weighted by atomic mass is 10.1. The molecular formula is C14H15NO3S2. The quantitative estimate of drug-likeness (QED) is 0.873. The molecule has 2 rings (SSSR count). The van der Waals surface area contributed by atoms with Gasteiger partial charge in [0.2, 0.25) is 5.91 Å². The smallest absolute Gasteiger partial charge is 0.341 e. The van der Waals surface area contributed by atoms with Crippen LogP contribution in [0.5, 0.6) is 0 Å². The summed E-state index contributed by atoms with van der Waals surface area (Å²) in [5.74, 6) is -0.698. The molecule has 0 aliphatic carbocycles. The Balaban J connectivity index is 2.43. The molecule has 0 unspecified atom stereocenters. The van der Waals surface area contributed by atoms with Gasteiger partial charge in [0.15, 0.2) is 0 Å². The molecule has 106 valence electrons. The maximum absolute atomic E-state index is 12.0. The van der Waals surface area contributed by atoms with Crippen molar-refractivity contribution in [3.8, 4) is 10.4 Å². The highest BCUT2D eigenvalue weighted by molar-refractivity contribution is 7.17. The van der Waals surface area contributed by atoms with E-state index in [1.54, 1.807) is 25.2 Å². The van der Waals surface area contributed by atoms with Gasteiger partial charge < -0.3 is 10.1 Å². The van der Waals surface area contributed by atoms with Crippen LogP contribution in [0.4, 0.5) is 5.00 Å². The standard InChI is InChI=1S/C14H15NO3S2/c1-8(2)12(16)15-13-11(14(17)18-3)9(7-20-13)10-5-4-6-19-10/h4-8H,1-3H3,(H,15,16). The van der Waals surface area contributed by atoms with Crippen LogP contribution in [0.25, 0.3) is 10.4 Å². The van der Waals surface area contributed by atoms with Crippen LogP contribution >= 0.6 is 22.7 Å². The summed E-state index contributed by atoms with van der Waals surface area (Å²) in [4.78, 5) is 24.8. The number of hydrogen-bond acceptors (Lipinski definition) is 5. The molecule has 2 aromatic heterocycles. The zero-order valence-corrected chi connectivity index (χ0v) is 13.1. The number of hydrogen-bond donors (Lipinski definition) is 1. The van der Waals surface area contributed by atoms with Crippen LogP contribution in [0.15, 0.2) is 22.9 Å². The maximum atomic E-state index is 12.0. The van der Waals surface area contributed by atoms with Crippen molar-refractivity contribution in [2.75, 3.05) is 12.4 Å². The summed E-state index contributed by atoms with van der Waals surface area (Å²) < 4.78 is 4.84. The molecule has 2 aromatic rings. The second-order valence-electron chi connectivity index (χ2n) is 4.47. The van der Waals surface area contributed by atoms with Gasteiger partial charge in [-0.25, -0.2) is 4.79 Å². The van der Waals surface area contributed by atoms with Crippen molar-refractivity contribution in [2.45, 2.75) is 13.8 Å². The van der Waals surface area contributed by atoms with E-state index >= 15 is 0 Å². The van der Waals surface area contributed by atoms with Gasteiger partial charge in [-0.05, 0) is 11.4 Å². The van der Waals surface area contributed by atoms with Crippen molar-refractivity contribution in [1.29, 1.82) is 0 Å². The Hall–Kier alpha value is -1.66. The predicted octanol–water partition coefficient (Wildman–Crippen LogP) is 3.86. The lowest BCUT2D eigenvalue weighted by Crippen LogP contribution is -2.18. The fraction of sp³-hybridized carbons (Fsp3) is 0.286. The Bertz CT molecular complexity index is 614. The van der Waals surface area contributed by atoms with Crippen molar-refractivity contribution >= 4 is 39.6 Å². The molecule has 0 saturated carbocycles. The van der Waals surface area contributed by atoms with Crippen molar-refractivity contribution in [3.05, 3.63) is 28.5 Å². The number of nitrogens with one attached hydrogen (secondary N) is 1. The van der Waals surface area contributed by atoms with E-state index in [2.05, 4.69) is 5.32 Å². The minimum atomic E-state index is -0.436. The molecule has 2 heterocycles. The van der Waals surface area contributed by atoms with Crippen LogP contribution in [0.1, 0.15) is 24.2 Å². The maximum Gasteiger partial charge on any atom is 0.341 e. The summed E-state index contributed by atoms with van der Waals surface area (Å²) in [5, 5.41) is 7.15. The van der Waals surface area contributed by atoms with E-state index in [1.165, 1.54) is 18.4 Å². The summed E-state index contributed by atoms with van der Waals surface area (Å²) >= 11 is 2.88. The highest BCUT2D eigenvalue weighted by atomic mass is 32.1. The first-order chi connectivity index (χ1) is 9.54. The third-order valence-corrected chi connectivity index (χ3v) is 4.53. The lowest BCUT2D eigenvalue weighted by molar-refractivity contribution is -0.118. The second kappa shape index (κ2) is 6.19. The van der Waals surface area contributed by atoms with Crippen LogP contribution in [0.3, 0.4) is 0 Å². The number of methoxy groups -OCH3 is 1. The van der Waals surface area contributed by atoms with E-state index in [0.717, 1.165) is 10.4 Å². The molecule has 4 nitrogen and oxygen atoms in total. The fourth-order valence-corrected chi connectivity index (χ4v) is 3.40. The average molecular weight is 309 g/mol. The fourth-order valence-electron chi connectivity index (χ4n) is 1.62. The first-order valence-corrected chi connectivity index (χ1v) is 7.85. The molecule has 0 fully saturated rings. The van der Waals surface area contributed by atoms with E-state index in [9.17, 15) is 9.59 Å². The van der Waals surface area contributed by atoms with E-state index in [-0.39, 0.29) is 11.8 Å². The second-order valence-corrected chi connectivity index (χ2v) is 6.29. The third kappa shape index (κ3) is 2.91. The zero-order chi connectivity index (χ0) is 14.7. The Labute approximate surface area is 125 Å². The molecule has 0 aromatic carbocycles. The third-order valence-electron chi connectivity index (χ3n) is 2.73. The van der Waals surface area contributed by atoms with Gasteiger partial charge in [-0.3, -0.25) is 4.79 Å². The van der Waals surface area contributed by atoms with E-state index in [0.29, 0.717) is 10.6 Å². The highest BCUT2D eigenvalue weighted by Gasteiger charge is 2.23. The van der Waals surface area contributed by atoms with Gasteiger partial charge in [-0.2, -0.15) is 0 Å². The van der Waals surface area contributed by atoms with Crippen LogP contribution in [-0.4, -0.2) is 19.0 Å². The van der Waals surface area contributed by atoms with E-state index in [4.69, 9.17) is 4.74 Å². The van der Waals surface area contributed by atoms with Gasteiger partial charge in [0.05, 0.1) is 7.11 Å². The first-order valence-electron chi connectivity index (χ1n) is 6.09. The number of thiophene rings is 2. The monoisotopic (exact) mass is 309 g/mol. The van der Waals surface area contributed by atoms with Crippen LogP contribution in [-0.2, 0) is 9.53 Å². The molecule has 6 heteroatoms. The molecule has 0 radical (unpaired) electrons. The van der Waals surface area contributed by atoms with Gasteiger partial charge in [-0.1, -0.05) is 19.9 Å². The number of anilines is 1. The molecule has 20 heavy (non-hydrogen) atoms. The summed E-state index contributed by atoms with van der Waals surface area (Å²) in [5.41, 5.74) is 1.23. The first kappa shape index (κ1) is 14.7. The molecular weight excluding hydrogens is 294 g/mol. The van der Waals surface area contributed by atoms with Gasteiger partial charge in [-0.15, -0.1) is 22.7 Å². The number of carbonyl (C=O) groups excluding carboxylic acids is 2. The number of esters is 1. The lowest BCUT2D eigenvalue weighted by Gasteiger charge is -2.08. The molecule has 0 aliphatic heterocycles. The Morgan fingerprint density at radius 2 is 2.05 bits per heavy atom. The van der Waals surface area contributed by atoms with Crippen molar-refractivity contribution in [2.24, 2.45) is 5.92 Å². The predicted molar refractivity (Wildman–Crippen MR) is 82.4 cm³/mol. The molecule has 0 spiro atoms. The van der Waals surface area contributed by atoms with Gasteiger partial charge in [0.25, 0.3) is 0 Å². The van der Waals surface area contributed by atoms with Gasteiger partial charge >= 0.3 is 5.97 Å². The largest absolute Gasteiger partial charge is 0.465 e. The minimum absolute atomic E-state index is 0.116. The summed E-state index contributed by atoms with van der Waals surface area (Å²) in [6, 6.07) is 3.86. The molecule has 1 N–H and O–H groups in total.